The minimum Gasteiger partial charge on any atom is -0.399 e. The summed E-state index contributed by atoms with van der Waals surface area (Å²) in [5.41, 5.74) is 9.49. The van der Waals surface area contributed by atoms with Crippen molar-refractivity contribution < 1.29 is 9.32 Å². The average molecular weight is 378 g/mol. The number of nitrogens with two attached hydrogens (primary N) is 1. The van der Waals surface area contributed by atoms with Gasteiger partial charge in [0.25, 0.3) is 0 Å². The van der Waals surface area contributed by atoms with E-state index < -0.39 is 0 Å². The number of carbonyl (C=O) groups excluding carboxylic acids is 1. The van der Waals surface area contributed by atoms with Gasteiger partial charge in [-0.15, -0.1) is 0 Å². The number of hydrogen-bond donors (Lipinski definition) is 3. The molecule has 0 radical (unpaired) electrons. The number of carbonyl (C=O) groups is 1. The fraction of sp³-hybridized carbons (Fsp3) is 0.273. The molecule has 3 aromatic rings. The zero-order valence-electron chi connectivity index (χ0n) is 16.5. The van der Waals surface area contributed by atoms with Crippen LogP contribution in [-0.2, 0) is 18.3 Å². The highest BCUT2D eigenvalue weighted by Crippen LogP contribution is 2.24. The molecule has 0 saturated heterocycles. The molecule has 0 atom stereocenters. The van der Waals surface area contributed by atoms with E-state index in [1.807, 2.05) is 69.3 Å². The van der Waals surface area contributed by atoms with Crippen LogP contribution >= 0.6 is 0 Å². The number of anilines is 3. The molecule has 146 valence electrons. The number of benzene rings is 2. The summed E-state index contributed by atoms with van der Waals surface area (Å²) >= 11 is 0. The second kappa shape index (κ2) is 8.17. The first kappa shape index (κ1) is 19.5. The van der Waals surface area contributed by atoms with Crippen molar-refractivity contribution in [2.24, 2.45) is 0 Å². The summed E-state index contributed by atoms with van der Waals surface area (Å²) in [4.78, 5) is 12.1. The number of rotatable bonds is 5. The molecular weight excluding hydrogens is 352 g/mol. The highest BCUT2D eigenvalue weighted by molar-refractivity contribution is 5.99. The Kier molecular flexibility index (Phi) is 5.68. The van der Waals surface area contributed by atoms with E-state index in [0.29, 0.717) is 17.3 Å². The van der Waals surface area contributed by atoms with Crippen LogP contribution in [0.15, 0.2) is 59.1 Å². The molecule has 1 heterocycles. The fourth-order valence-corrected chi connectivity index (χ4v) is 2.69. The van der Waals surface area contributed by atoms with E-state index in [2.05, 4.69) is 15.8 Å². The third-order valence-corrected chi connectivity index (χ3v) is 4.38. The normalized spacial score (nSPS) is 11.2. The number of aryl methyl sites for hydroxylation is 2. The Labute approximate surface area is 165 Å². The zero-order valence-corrected chi connectivity index (χ0v) is 16.5. The van der Waals surface area contributed by atoms with Gasteiger partial charge in [0, 0.05) is 22.9 Å². The maximum atomic E-state index is 12.1. The van der Waals surface area contributed by atoms with Crippen molar-refractivity contribution in [3.63, 3.8) is 0 Å². The summed E-state index contributed by atoms with van der Waals surface area (Å²) in [6.45, 7) is 6.06. The van der Waals surface area contributed by atoms with E-state index >= 15 is 0 Å². The lowest BCUT2D eigenvalue weighted by atomic mass is 9.93. The van der Waals surface area contributed by atoms with Gasteiger partial charge >= 0.3 is 6.03 Å². The summed E-state index contributed by atoms with van der Waals surface area (Å²) in [7, 11) is 0. The lowest BCUT2D eigenvalue weighted by molar-refractivity contribution is 0.262. The van der Waals surface area contributed by atoms with Gasteiger partial charge in [0.1, 0.15) is 5.76 Å². The van der Waals surface area contributed by atoms with Gasteiger partial charge in [0.2, 0.25) is 0 Å². The van der Waals surface area contributed by atoms with E-state index in [1.165, 1.54) is 11.1 Å². The summed E-state index contributed by atoms with van der Waals surface area (Å²) < 4.78 is 5.27. The summed E-state index contributed by atoms with van der Waals surface area (Å²) in [6, 6.07) is 17.1. The topological polar surface area (TPSA) is 93.2 Å². The number of nitrogens with one attached hydrogen (secondary N) is 2. The number of aromatic nitrogens is 1. The minimum atomic E-state index is -0.358. The van der Waals surface area contributed by atoms with Crippen molar-refractivity contribution >= 4 is 23.2 Å². The van der Waals surface area contributed by atoms with Crippen molar-refractivity contribution in [1.29, 1.82) is 0 Å². The molecule has 0 aliphatic rings. The molecular formula is C22H26N4O2. The van der Waals surface area contributed by atoms with E-state index in [-0.39, 0.29) is 11.4 Å². The van der Waals surface area contributed by atoms with E-state index in [9.17, 15) is 4.79 Å². The SMILES string of the molecule is CC(C)(C)c1cc(NC(=O)Nc2ccc(CCc3ccc(N)cc3)cc2)no1. The van der Waals surface area contributed by atoms with Gasteiger partial charge < -0.3 is 15.6 Å². The Morgan fingerprint density at radius 1 is 0.964 bits per heavy atom. The van der Waals surface area contributed by atoms with Crippen LogP contribution in [0.2, 0.25) is 0 Å². The molecule has 0 aliphatic carbocycles. The first-order valence-electron chi connectivity index (χ1n) is 9.28. The van der Waals surface area contributed by atoms with Crippen LogP contribution in [0.5, 0.6) is 0 Å². The lowest BCUT2D eigenvalue weighted by Crippen LogP contribution is -2.19. The average Bonchev–Trinajstić information content (AvgIpc) is 3.11. The molecule has 0 aliphatic heterocycles. The number of nitrogen functional groups attached to an aromatic ring is 1. The molecule has 6 nitrogen and oxygen atoms in total. The predicted octanol–water partition coefficient (Wildman–Crippen LogP) is 4.98. The molecule has 0 bridgehead atoms. The molecule has 3 rings (SSSR count). The van der Waals surface area contributed by atoms with Crippen LogP contribution in [-0.4, -0.2) is 11.2 Å². The zero-order chi connectivity index (χ0) is 20.1. The smallest absolute Gasteiger partial charge is 0.324 e. The van der Waals surface area contributed by atoms with Crippen LogP contribution in [0, 0.1) is 0 Å². The van der Waals surface area contributed by atoms with Gasteiger partial charge in [-0.2, -0.15) is 0 Å². The Bertz CT molecular complexity index is 922. The second-order valence-corrected chi connectivity index (χ2v) is 7.84. The molecule has 2 amide bonds. The highest BCUT2D eigenvalue weighted by atomic mass is 16.5. The molecule has 2 aromatic carbocycles. The maximum Gasteiger partial charge on any atom is 0.324 e. The molecule has 0 fully saturated rings. The minimum absolute atomic E-state index is 0.161. The number of urea groups is 1. The van der Waals surface area contributed by atoms with Gasteiger partial charge in [-0.25, -0.2) is 4.79 Å². The first-order chi connectivity index (χ1) is 13.3. The Hall–Kier alpha value is -3.28. The number of hydrogen-bond acceptors (Lipinski definition) is 4. The largest absolute Gasteiger partial charge is 0.399 e. The van der Waals surface area contributed by atoms with Gasteiger partial charge in [-0.3, -0.25) is 5.32 Å². The van der Waals surface area contributed by atoms with Crippen LogP contribution in [0.1, 0.15) is 37.7 Å². The van der Waals surface area contributed by atoms with Crippen molar-refractivity contribution in [2.75, 3.05) is 16.4 Å². The van der Waals surface area contributed by atoms with Crippen LogP contribution < -0.4 is 16.4 Å². The Balaban J connectivity index is 1.51. The monoisotopic (exact) mass is 378 g/mol. The molecule has 28 heavy (non-hydrogen) atoms. The molecule has 6 heteroatoms. The van der Waals surface area contributed by atoms with Gasteiger partial charge in [-0.1, -0.05) is 50.2 Å². The van der Waals surface area contributed by atoms with Crippen molar-refractivity contribution in [3.8, 4) is 0 Å². The third-order valence-electron chi connectivity index (χ3n) is 4.38. The summed E-state index contributed by atoms with van der Waals surface area (Å²) in [6.07, 6.45) is 1.86. The van der Waals surface area contributed by atoms with Crippen molar-refractivity contribution in [2.45, 2.75) is 39.0 Å². The van der Waals surface area contributed by atoms with Crippen molar-refractivity contribution in [3.05, 3.63) is 71.5 Å². The molecule has 0 saturated carbocycles. The summed E-state index contributed by atoms with van der Waals surface area (Å²) in [5, 5.41) is 9.37. The van der Waals surface area contributed by atoms with E-state index in [0.717, 1.165) is 18.5 Å². The Morgan fingerprint density at radius 2 is 1.54 bits per heavy atom. The quantitative estimate of drug-likeness (QED) is 0.546. The third kappa shape index (κ3) is 5.36. The molecule has 0 unspecified atom stereocenters. The van der Waals surface area contributed by atoms with Gasteiger partial charge in [0.15, 0.2) is 5.82 Å². The van der Waals surface area contributed by atoms with Gasteiger partial charge in [0.05, 0.1) is 0 Å². The number of nitrogens with zero attached hydrogens (tertiary/aromatic N) is 1. The highest BCUT2D eigenvalue weighted by Gasteiger charge is 2.20. The predicted molar refractivity (Wildman–Crippen MR) is 113 cm³/mol. The molecule has 0 spiro atoms. The summed E-state index contributed by atoms with van der Waals surface area (Å²) in [5.74, 6) is 1.11. The number of amides is 2. The molecule has 4 N–H and O–H groups in total. The van der Waals surface area contributed by atoms with Crippen LogP contribution in [0.3, 0.4) is 0 Å². The Morgan fingerprint density at radius 3 is 2.07 bits per heavy atom. The standard InChI is InChI=1S/C22H26N4O2/c1-22(2,3)19-14-20(26-28-19)25-21(27)24-18-12-8-16(9-13-18)5-4-15-6-10-17(23)11-7-15/h6-14H,4-5,23H2,1-3H3,(H2,24,25,26,27). The van der Waals surface area contributed by atoms with Crippen LogP contribution in [0.25, 0.3) is 0 Å². The maximum absolute atomic E-state index is 12.1. The molecule has 1 aromatic heterocycles. The van der Waals surface area contributed by atoms with Crippen LogP contribution in [0.4, 0.5) is 22.0 Å². The van der Waals surface area contributed by atoms with E-state index in [4.69, 9.17) is 10.3 Å². The lowest BCUT2D eigenvalue weighted by Gasteiger charge is -2.12. The first-order valence-corrected chi connectivity index (χ1v) is 9.28. The van der Waals surface area contributed by atoms with Gasteiger partial charge in [-0.05, 0) is 48.2 Å². The van der Waals surface area contributed by atoms with E-state index in [1.54, 1.807) is 6.07 Å². The fourth-order valence-electron chi connectivity index (χ4n) is 2.69. The second-order valence-electron chi connectivity index (χ2n) is 7.84. The van der Waals surface area contributed by atoms with Crippen molar-refractivity contribution in [1.82, 2.24) is 5.16 Å².